The number of ether oxygens (including phenoxy) is 1. The van der Waals surface area contributed by atoms with Crippen molar-refractivity contribution in [2.45, 2.75) is 32.5 Å². The van der Waals surface area contributed by atoms with Crippen LogP contribution in [0.2, 0.25) is 0 Å². The zero-order chi connectivity index (χ0) is 16.9. The van der Waals surface area contributed by atoms with Crippen molar-refractivity contribution in [3.8, 4) is 0 Å². The highest BCUT2D eigenvalue weighted by Crippen LogP contribution is 2.26. The number of hydrogen-bond donors (Lipinski definition) is 1. The van der Waals surface area contributed by atoms with Crippen LogP contribution in [-0.2, 0) is 29.0 Å². The average Bonchev–Trinajstić information content (AvgIpc) is 3.20. The Kier molecular flexibility index (Phi) is 5.32. The molecular weight excluding hydrogens is 308 g/mol. The standard InChI is InChI=1S/C17H24N4O3/c1-13-17-19-15(9-16(22)18-4-8-23-2)11-21(17)6-5-20(13)10-14-3-7-24-12-14/h3,7,11-13H,4-6,8-10H2,1-2H3,(H,18,22). The lowest BCUT2D eigenvalue weighted by Crippen LogP contribution is -2.36. The predicted molar refractivity (Wildman–Crippen MR) is 88.3 cm³/mol. The first kappa shape index (κ1) is 16.7. The molecule has 1 atom stereocenters. The maximum absolute atomic E-state index is 11.9. The lowest BCUT2D eigenvalue weighted by Gasteiger charge is -2.33. The summed E-state index contributed by atoms with van der Waals surface area (Å²) in [7, 11) is 1.62. The molecule has 0 spiro atoms. The largest absolute Gasteiger partial charge is 0.472 e. The predicted octanol–water partition coefficient (Wildman–Crippen LogP) is 1.36. The molecule has 0 bridgehead atoms. The molecule has 1 unspecified atom stereocenters. The van der Waals surface area contributed by atoms with Gasteiger partial charge < -0.3 is 19.0 Å². The second-order valence-corrected chi connectivity index (χ2v) is 6.08. The van der Waals surface area contributed by atoms with Crippen LogP contribution in [0.25, 0.3) is 0 Å². The smallest absolute Gasteiger partial charge is 0.226 e. The number of aromatic nitrogens is 2. The van der Waals surface area contributed by atoms with E-state index in [-0.39, 0.29) is 11.9 Å². The normalized spacial score (nSPS) is 17.7. The third-order valence-corrected chi connectivity index (χ3v) is 4.34. The molecule has 0 saturated carbocycles. The first-order valence-corrected chi connectivity index (χ1v) is 8.24. The average molecular weight is 332 g/mol. The highest BCUT2D eigenvalue weighted by atomic mass is 16.5. The van der Waals surface area contributed by atoms with Gasteiger partial charge in [-0.25, -0.2) is 4.98 Å². The number of imidazole rings is 1. The molecule has 1 aliphatic rings. The van der Waals surface area contributed by atoms with Gasteiger partial charge in [0.05, 0.1) is 37.3 Å². The lowest BCUT2D eigenvalue weighted by atomic mass is 10.2. The summed E-state index contributed by atoms with van der Waals surface area (Å²) in [6, 6.07) is 2.20. The Labute approximate surface area is 141 Å². The monoisotopic (exact) mass is 332 g/mol. The zero-order valence-corrected chi connectivity index (χ0v) is 14.2. The summed E-state index contributed by atoms with van der Waals surface area (Å²) in [6.45, 7) is 5.88. The van der Waals surface area contributed by atoms with E-state index in [2.05, 4.69) is 26.7 Å². The molecular formula is C17H24N4O3. The third-order valence-electron chi connectivity index (χ3n) is 4.34. The maximum Gasteiger partial charge on any atom is 0.226 e. The minimum Gasteiger partial charge on any atom is -0.472 e. The van der Waals surface area contributed by atoms with Gasteiger partial charge in [-0.15, -0.1) is 0 Å². The molecule has 2 aromatic rings. The van der Waals surface area contributed by atoms with E-state index >= 15 is 0 Å². The number of carbonyl (C=O) groups is 1. The number of rotatable bonds is 7. The zero-order valence-electron chi connectivity index (χ0n) is 14.2. The molecule has 1 N–H and O–H groups in total. The van der Waals surface area contributed by atoms with E-state index in [0.717, 1.165) is 31.2 Å². The highest BCUT2D eigenvalue weighted by Gasteiger charge is 2.26. The fourth-order valence-electron chi connectivity index (χ4n) is 3.03. The van der Waals surface area contributed by atoms with E-state index in [4.69, 9.17) is 9.15 Å². The molecule has 0 saturated heterocycles. The summed E-state index contributed by atoms with van der Waals surface area (Å²) >= 11 is 0. The number of hydrogen-bond acceptors (Lipinski definition) is 5. The molecule has 0 aromatic carbocycles. The van der Waals surface area contributed by atoms with Crippen LogP contribution >= 0.6 is 0 Å². The Balaban J connectivity index is 1.62. The van der Waals surface area contributed by atoms with Crippen molar-refractivity contribution in [3.63, 3.8) is 0 Å². The molecule has 130 valence electrons. The van der Waals surface area contributed by atoms with Crippen LogP contribution in [0.1, 0.15) is 30.0 Å². The summed E-state index contributed by atoms with van der Waals surface area (Å²) in [5, 5.41) is 2.83. The second kappa shape index (κ2) is 7.63. The van der Waals surface area contributed by atoms with Gasteiger partial charge in [0.1, 0.15) is 5.82 Å². The van der Waals surface area contributed by atoms with Gasteiger partial charge in [0.25, 0.3) is 0 Å². The highest BCUT2D eigenvalue weighted by molar-refractivity contribution is 5.78. The number of fused-ring (bicyclic) bond motifs is 1. The van der Waals surface area contributed by atoms with Crippen molar-refractivity contribution in [2.24, 2.45) is 0 Å². The van der Waals surface area contributed by atoms with Crippen LogP contribution in [0, 0.1) is 0 Å². The summed E-state index contributed by atoms with van der Waals surface area (Å²) in [5.41, 5.74) is 1.98. The van der Waals surface area contributed by atoms with Crippen LogP contribution in [0.3, 0.4) is 0 Å². The first-order chi connectivity index (χ1) is 11.7. The van der Waals surface area contributed by atoms with Crippen molar-refractivity contribution in [3.05, 3.63) is 41.9 Å². The molecule has 0 fully saturated rings. The molecule has 7 nitrogen and oxygen atoms in total. The Morgan fingerprint density at radius 3 is 3.12 bits per heavy atom. The van der Waals surface area contributed by atoms with Crippen molar-refractivity contribution in [2.75, 3.05) is 26.8 Å². The molecule has 7 heteroatoms. The van der Waals surface area contributed by atoms with Gasteiger partial charge in [-0.3, -0.25) is 9.69 Å². The van der Waals surface area contributed by atoms with Gasteiger partial charge >= 0.3 is 0 Å². The van der Waals surface area contributed by atoms with Gasteiger partial charge in [-0.1, -0.05) is 0 Å². The molecule has 1 amide bonds. The molecule has 0 aliphatic carbocycles. The second-order valence-electron chi connectivity index (χ2n) is 6.08. The van der Waals surface area contributed by atoms with E-state index in [9.17, 15) is 4.79 Å². The van der Waals surface area contributed by atoms with Gasteiger partial charge in [0.2, 0.25) is 5.91 Å². The summed E-state index contributed by atoms with van der Waals surface area (Å²) in [5.74, 6) is 0.995. The number of nitrogens with zero attached hydrogens (tertiary/aromatic N) is 3. The minimum atomic E-state index is -0.0228. The Morgan fingerprint density at radius 2 is 2.38 bits per heavy atom. The molecule has 2 aromatic heterocycles. The fourth-order valence-corrected chi connectivity index (χ4v) is 3.03. The fraction of sp³-hybridized carbons (Fsp3) is 0.529. The van der Waals surface area contributed by atoms with Crippen molar-refractivity contribution in [1.82, 2.24) is 19.8 Å². The lowest BCUT2D eigenvalue weighted by molar-refractivity contribution is -0.120. The quantitative estimate of drug-likeness (QED) is 0.775. The molecule has 3 heterocycles. The van der Waals surface area contributed by atoms with E-state index in [1.807, 2.05) is 12.3 Å². The van der Waals surface area contributed by atoms with Crippen LogP contribution in [0.4, 0.5) is 0 Å². The van der Waals surface area contributed by atoms with Gasteiger partial charge in [0, 0.05) is 45.0 Å². The molecule has 0 radical (unpaired) electrons. The Morgan fingerprint density at radius 1 is 1.50 bits per heavy atom. The van der Waals surface area contributed by atoms with E-state index in [0.29, 0.717) is 19.6 Å². The number of nitrogens with one attached hydrogen (secondary N) is 1. The van der Waals surface area contributed by atoms with Crippen LogP contribution in [-0.4, -0.2) is 47.2 Å². The topological polar surface area (TPSA) is 72.5 Å². The number of methoxy groups -OCH3 is 1. The number of carbonyl (C=O) groups excluding carboxylic acids is 1. The van der Waals surface area contributed by atoms with E-state index in [1.54, 1.807) is 19.6 Å². The van der Waals surface area contributed by atoms with Crippen molar-refractivity contribution < 1.29 is 13.9 Å². The maximum atomic E-state index is 11.9. The SMILES string of the molecule is COCCNC(=O)Cc1cn2c(n1)C(C)N(Cc1ccoc1)CC2. The number of amides is 1. The first-order valence-electron chi connectivity index (χ1n) is 8.24. The van der Waals surface area contributed by atoms with Crippen LogP contribution < -0.4 is 5.32 Å². The summed E-state index contributed by atoms with van der Waals surface area (Å²) in [6.07, 6.45) is 5.78. The summed E-state index contributed by atoms with van der Waals surface area (Å²) in [4.78, 5) is 19.0. The minimum absolute atomic E-state index is 0.0228. The Bertz CT molecular complexity index is 665. The summed E-state index contributed by atoms with van der Waals surface area (Å²) < 4.78 is 12.2. The number of furan rings is 1. The van der Waals surface area contributed by atoms with Crippen molar-refractivity contribution >= 4 is 5.91 Å². The van der Waals surface area contributed by atoms with Gasteiger partial charge in [-0.05, 0) is 13.0 Å². The van der Waals surface area contributed by atoms with Gasteiger partial charge in [0.15, 0.2) is 0 Å². The van der Waals surface area contributed by atoms with Crippen LogP contribution in [0.15, 0.2) is 29.2 Å². The van der Waals surface area contributed by atoms with E-state index in [1.165, 1.54) is 5.56 Å². The van der Waals surface area contributed by atoms with Gasteiger partial charge in [-0.2, -0.15) is 0 Å². The van der Waals surface area contributed by atoms with Crippen LogP contribution in [0.5, 0.6) is 0 Å². The molecule has 3 rings (SSSR count). The molecule has 24 heavy (non-hydrogen) atoms. The Hall–Kier alpha value is -2.12. The third kappa shape index (κ3) is 3.85. The molecule has 1 aliphatic heterocycles. The van der Waals surface area contributed by atoms with E-state index < -0.39 is 0 Å². The van der Waals surface area contributed by atoms with Crippen molar-refractivity contribution in [1.29, 1.82) is 0 Å².